The Balaban J connectivity index is 1.67. The minimum atomic E-state index is 0.626. The fraction of sp³-hybridized carbons (Fsp3) is 0.429. The molecule has 4 heteroatoms. The lowest BCUT2D eigenvalue weighted by atomic mass is 10.1. The van der Waals surface area contributed by atoms with Crippen LogP contribution >= 0.6 is 0 Å². The summed E-state index contributed by atoms with van der Waals surface area (Å²) in [6.07, 6.45) is 4.42. The fourth-order valence-electron chi connectivity index (χ4n) is 2.11. The van der Waals surface area contributed by atoms with Crippen LogP contribution in [0.15, 0.2) is 24.3 Å². The molecule has 1 saturated carbocycles. The van der Waals surface area contributed by atoms with Gasteiger partial charge in [-0.1, -0.05) is 12.1 Å². The molecular weight excluding hydrogens is 224 g/mol. The lowest BCUT2D eigenvalue weighted by Gasteiger charge is -2.01. The largest absolute Gasteiger partial charge is 0.399 e. The van der Waals surface area contributed by atoms with Crippen molar-refractivity contribution in [2.24, 2.45) is 7.05 Å². The summed E-state index contributed by atoms with van der Waals surface area (Å²) < 4.78 is 1.92. The number of hydrogen-bond donors (Lipinski definition) is 1. The van der Waals surface area contributed by atoms with E-state index in [4.69, 9.17) is 5.73 Å². The molecule has 4 nitrogen and oxygen atoms in total. The first kappa shape index (κ1) is 11.3. The van der Waals surface area contributed by atoms with Crippen LogP contribution in [0, 0.1) is 0 Å². The van der Waals surface area contributed by atoms with Gasteiger partial charge in [0.15, 0.2) is 5.82 Å². The minimum absolute atomic E-state index is 0.626. The van der Waals surface area contributed by atoms with Gasteiger partial charge < -0.3 is 5.73 Å². The van der Waals surface area contributed by atoms with Gasteiger partial charge in [0.25, 0.3) is 0 Å². The number of nitrogens with two attached hydrogens (primary N) is 1. The zero-order valence-corrected chi connectivity index (χ0v) is 10.6. The van der Waals surface area contributed by atoms with Crippen LogP contribution in [0.25, 0.3) is 0 Å². The molecule has 2 N–H and O–H groups in total. The number of nitrogens with zero attached hydrogens (tertiary/aromatic N) is 3. The van der Waals surface area contributed by atoms with E-state index in [1.165, 1.54) is 18.4 Å². The number of nitrogen functional groups attached to an aromatic ring is 1. The maximum atomic E-state index is 5.68. The van der Waals surface area contributed by atoms with E-state index < -0.39 is 0 Å². The number of aromatic nitrogens is 3. The number of anilines is 1. The van der Waals surface area contributed by atoms with E-state index in [-0.39, 0.29) is 0 Å². The number of hydrogen-bond acceptors (Lipinski definition) is 3. The van der Waals surface area contributed by atoms with Gasteiger partial charge in [-0.05, 0) is 37.0 Å². The van der Waals surface area contributed by atoms with E-state index in [1.54, 1.807) is 0 Å². The van der Waals surface area contributed by atoms with Crippen molar-refractivity contribution in [3.05, 3.63) is 41.5 Å². The lowest BCUT2D eigenvalue weighted by Crippen LogP contribution is -2.01. The summed E-state index contributed by atoms with van der Waals surface area (Å²) in [6.45, 7) is 0. The van der Waals surface area contributed by atoms with Gasteiger partial charge >= 0.3 is 0 Å². The van der Waals surface area contributed by atoms with Crippen LogP contribution in [-0.4, -0.2) is 14.8 Å². The number of benzene rings is 1. The van der Waals surface area contributed by atoms with Crippen LogP contribution in [0.5, 0.6) is 0 Å². The molecule has 0 bridgehead atoms. The van der Waals surface area contributed by atoms with Crippen molar-refractivity contribution in [3.8, 4) is 0 Å². The molecule has 1 aliphatic carbocycles. The van der Waals surface area contributed by atoms with E-state index in [0.717, 1.165) is 30.2 Å². The lowest BCUT2D eigenvalue weighted by molar-refractivity contribution is 0.686. The number of aryl methyl sites for hydroxylation is 3. The summed E-state index contributed by atoms with van der Waals surface area (Å²) in [5, 5.41) is 4.48. The van der Waals surface area contributed by atoms with Crippen molar-refractivity contribution in [2.75, 3.05) is 5.73 Å². The highest BCUT2D eigenvalue weighted by atomic mass is 15.3. The Hall–Kier alpha value is -1.84. The van der Waals surface area contributed by atoms with Crippen LogP contribution in [-0.2, 0) is 19.9 Å². The molecular formula is C14H18N4. The van der Waals surface area contributed by atoms with E-state index in [1.807, 2.05) is 23.9 Å². The summed E-state index contributed by atoms with van der Waals surface area (Å²) in [6, 6.07) is 8.05. The number of rotatable bonds is 4. The molecule has 1 aliphatic rings. The second-order valence-corrected chi connectivity index (χ2v) is 5.03. The predicted octanol–water partition coefficient (Wildman–Crippen LogP) is 2.06. The van der Waals surface area contributed by atoms with Crippen LogP contribution in [0.4, 0.5) is 5.69 Å². The van der Waals surface area contributed by atoms with Crippen molar-refractivity contribution >= 4 is 5.69 Å². The topological polar surface area (TPSA) is 56.7 Å². The first-order valence-electron chi connectivity index (χ1n) is 6.46. The third-order valence-corrected chi connectivity index (χ3v) is 3.43. The molecule has 1 heterocycles. The van der Waals surface area contributed by atoms with Crippen molar-refractivity contribution in [1.82, 2.24) is 14.8 Å². The quantitative estimate of drug-likeness (QED) is 0.835. The Morgan fingerprint density at radius 1 is 1.22 bits per heavy atom. The predicted molar refractivity (Wildman–Crippen MR) is 71.2 cm³/mol. The monoisotopic (exact) mass is 242 g/mol. The SMILES string of the molecule is Cn1nc(C2CC2)nc1CCc1ccc(N)cc1. The highest BCUT2D eigenvalue weighted by Crippen LogP contribution is 2.38. The second kappa shape index (κ2) is 4.44. The highest BCUT2D eigenvalue weighted by molar-refractivity contribution is 5.39. The average molecular weight is 242 g/mol. The zero-order valence-electron chi connectivity index (χ0n) is 10.6. The molecule has 1 aromatic carbocycles. The van der Waals surface area contributed by atoms with E-state index >= 15 is 0 Å². The van der Waals surface area contributed by atoms with Crippen molar-refractivity contribution in [3.63, 3.8) is 0 Å². The molecule has 2 aromatic rings. The van der Waals surface area contributed by atoms with Crippen LogP contribution in [0.2, 0.25) is 0 Å². The maximum Gasteiger partial charge on any atom is 0.154 e. The zero-order chi connectivity index (χ0) is 12.5. The van der Waals surface area contributed by atoms with Crippen LogP contribution in [0.1, 0.15) is 36.0 Å². The van der Waals surface area contributed by atoms with Crippen molar-refractivity contribution < 1.29 is 0 Å². The smallest absolute Gasteiger partial charge is 0.154 e. The molecule has 0 saturated heterocycles. The van der Waals surface area contributed by atoms with Crippen molar-refractivity contribution in [1.29, 1.82) is 0 Å². The first-order chi connectivity index (χ1) is 8.72. The van der Waals surface area contributed by atoms with Crippen molar-refractivity contribution in [2.45, 2.75) is 31.6 Å². The van der Waals surface area contributed by atoms with E-state index in [2.05, 4.69) is 22.2 Å². The summed E-state index contributed by atoms with van der Waals surface area (Å²) in [5.74, 6) is 2.74. The molecule has 1 aromatic heterocycles. The molecule has 0 aliphatic heterocycles. The molecule has 0 amide bonds. The third-order valence-electron chi connectivity index (χ3n) is 3.43. The second-order valence-electron chi connectivity index (χ2n) is 5.03. The summed E-state index contributed by atoms with van der Waals surface area (Å²) in [4.78, 5) is 4.63. The fourth-order valence-corrected chi connectivity index (χ4v) is 2.11. The van der Waals surface area contributed by atoms with Gasteiger partial charge in [-0.15, -0.1) is 0 Å². The van der Waals surface area contributed by atoms with Gasteiger partial charge in [-0.2, -0.15) is 5.10 Å². The van der Waals surface area contributed by atoms with Gasteiger partial charge in [-0.25, -0.2) is 4.98 Å². The Kier molecular flexibility index (Phi) is 2.78. The standard InChI is InChI=1S/C14H18N4/c1-18-13(16-14(17-18)11-5-6-11)9-4-10-2-7-12(15)8-3-10/h2-3,7-8,11H,4-6,9,15H2,1H3. The molecule has 3 rings (SSSR count). The molecule has 0 atom stereocenters. The molecule has 0 radical (unpaired) electrons. The minimum Gasteiger partial charge on any atom is -0.399 e. The Morgan fingerprint density at radius 3 is 2.61 bits per heavy atom. The van der Waals surface area contributed by atoms with E-state index in [0.29, 0.717) is 5.92 Å². The van der Waals surface area contributed by atoms with Gasteiger partial charge in [0.05, 0.1) is 0 Å². The van der Waals surface area contributed by atoms with Crippen LogP contribution < -0.4 is 5.73 Å². The molecule has 0 unspecified atom stereocenters. The summed E-state index contributed by atoms with van der Waals surface area (Å²) in [5.41, 5.74) is 7.78. The van der Waals surface area contributed by atoms with Gasteiger partial charge in [0.2, 0.25) is 0 Å². The van der Waals surface area contributed by atoms with Gasteiger partial charge in [0.1, 0.15) is 5.82 Å². The van der Waals surface area contributed by atoms with Crippen LogP contribution in [0.3, 0.4) is 0 Å². The Labute approximate surface area is 107 Å². The molecule has 0 spiro atoms. The average Bonchev–Trinajstić information content (AvgIpc) is 3.14. The third kappa shape index (κ3) is 2.37. The summed E-state index contributed by atoms with van der Waals surface area (Å²) in [7, 11) is 1.98. The van der Waals surface area contributed by atoms with E-state index in [9.17, 15) is 0 Å². The molecule has 18 heavy (non-hydrogen) atoms. The maximum absolute atomic E-state index is 5.68. The van der Waals surface area contributed by atoms with Gasteiger partial charge in [0, 0.05) is 25.1 Å². The summed E-state index contributed by atoms with van der Waals surface area (Å²) >= 11 is 0. The molecule has 94 valence electrons. The first-order valence-corrected chi connectivity index (χ1v) is 6.46. The Morgan fingerprint density at radius 2 is 1.94 bits per heavy atom. The normalized spacial score (nSPS) is 14.9. The van der Waals surface area contributed by atoms with Gasteiger partial charge in [-0.3, -0.25) is 4.68 Å². The Bertz CT molecular complexity index is 537. The highest BCUT2D eigenvalue weighted by Gasteiger charge is 2.28. The molecule has 1 fully saturated rings.